The number of aliphatic imine (C=N–C) groups is 1. The molecule has 0 amide bonds. The molecule has 0 bridgehead atoms. The van der Waals surface area contributed by atoms with Gasteiger partial charge in [-0.3, -0.25) is 4.99 Å². The van der Waals surface area contributed by atoms with E-state index in [1.807, 2.05) is 0 Å². The zero-order valence-electron chi connectivity index (χ0n) is 26.0. The maximum atomic E-state index is 6.70. The Morgan fingerprint density at radius 1 is 0.745 bits per heavy atom. The average molecular weight is 607 g/mol. The number of rotatable bonds is 4. The second-order valence-corrected chi connectivity index (χ2v) is 13.3. The van der Waals surface area contributed by atoms with E-state index in [0.717, 1.165) is 40.7 Å². The number of furan rings is 1. The van der Waals surface area contributed by atoms with Gasteiger partial charge in [-0.1, -0.05) is 115 Å². The van der Waals surface area contributed by atoms with Crippen molar-refractivity contribution in [1.82, 2.24) is 0 Å². The molecule has 0 saturated heterocycles. The van der Waals surface area contributed by atoms with Gasteiger partial charge in [0.15, 0.2) is 0 Å². The highest BCUT2D eigenvalue weighted by Gasteiger charge is 2.39. The molecule has 5 aliphatic rings. The van der Waals surface area contributed by atoms with E-state index in [1.165, 1.54) is 39.0 Å². The van der Waals surface area contributed by atoms with Crippen LogP contribution in [0.25, 0.3) is 27.5 Å². The van der Waals surface area contributed by atoms with Crippen molar-refractivity contribution >= 4 is 44.6 Å². The maximum absolute atomic E-state index is 6.70. The topological polar surface area (TPSA) is 28.7 Å². The van der Waals surface area contributed by atoms with Crippen molar-refractivity contribution in [3.8, 4) is 0 Å². The van der Waals surface area contributed by atoms with Crippen LogP contribution in [0.2, 0.25) is 0 Å². The fraction of sp³-hybridized carbons (Fsp3) is 0.159. The first kappa shape index (κ1) is 26.8. The Hall–Kier alpha value is -5.41. The molecule has 4 atom stereocenters. The molecule has 5 aromatic rings. The van der Waals surface area contributed by atoms with E-state index in [-0.39, 0.29) is 18.0 Å². The molecular formula is C44H34N2O. The maximum Gasteiger partial charge on any atom is 0.137 e. The molecule has 0 saturated carbocycles. The van der Waals surface area contributed by atoms with Gasteiger partial charge in [-0.15, -0.1) is 0 Å². The molecule has 3 aliphatic carbocycles. The largest absolute Gasteiger partial charge is 0.456 e. The third-order valence-electron chi connectivity index (χ3n) is 10.7. The van der Waals surface area contributed by atoms with Gasteiger partial charge < -0.3 is 9.32 Å². The normalized spacial score (nSPS) is 24.3. The number of para-hydroxylation sites is 1. The van der Waals surface area contributed by atoms with Crippen LogP contribution in [0.5, 0.6) is 0 Å². The lowest BCUT2D eigenvalue weighted by Crippen LogP contribution is -2.30. The van der Waals surface area contributed by atoms with Crippen LogP contribution >= 0.6 is 0 Å². The number of nitrogens with zero attached hydrogens (tertiary/aromatic N) is 2. The standard InChI is InChI=1S/C44H34N2O/c1-2-13-29(14-3-1)39-27-37(32-15-6-8-18-38(32)45-39)35-17-10-20-42-44(35)36-24-22-31(26-43(36)47-42)46-40-19-9-7-16-33(40)34-23-21-30(25-41(34)46)28-11-4-5-12-28/h1-10,13-28,32,34,38,41H,11-12H2. The lowest BCUT2D eigenvalue weighted by Gasteiger charge is -2.31. The van der Waals surface area contributed by atoms with Gasteiger partial charge in [-0.25, -0.2) is 0 Å². The molecular weight excluding hydrogens is 572 g/mol. The summed E-state index contributed by atoms with van der Waals surface area (Å²) >= 11 is 0. The highest BCUT2D eigenvalue weighted by Crippen LogP contribution is 2.50. The molecule has 226 valence electrons. The highest BCUT2D eigenvalue weighted by molar-refractivity contribution is 6.17. The lowest BCUT2D eigenvalue weighted by molar-refractivity contribution is 0.650. The molecule has 3 heterocycles. The summed E-state index contributed by atoms with van der Waals surface area (Å²) < 4.78 is 6.70. The molecule has 3 heteroatoms. The Morgan fingerprint density at radius 2 is 1.60 bits per heavy atom. The van der Waals surface area contributed by atoms with Crippen LogP contribution in [0.15, 0.2) is 167 Å². The zero-order valence-corrected chi connectivity index (χ0v) is 26.0. The molecule has 1 aromatic heterocycles. The summed E-state index contributed by atoms with van der Waals surface area (Å²) in [5, 5.41) is 2.32. The van der Waals surface area contributed by atoms with Crippen LogP contribution in [0, 0.1) is 11.8 Å². The molecule has 2 aliphatic heterocycles. The molecule has 4 unspecified atom stereocenters. The fourth-order valence-corrected chi connectivity index (χ4v) is 8.51. The summed E-state index contributed by atoms with van der Waals surface area (Å²) in [6.45, 7) is 0. The number of dihydropyridines is 1. The van der Waals surface area contributed by atoms with E-state index in [4.69, 9.17) is 9.41 Å². The van der Waals surface area contributed by atoms with Gasteiger partial charge in [0.1, 0.15) is 11.2 Å². The van der Waals surface area contributed by atoms with Crippen molar-refractivity contribution in [3.63, 3.8) is 0 Å². The van der Waals surface area contributed by atoms with E-state index >= 15 is 0 Å². The molecule has 0 fully saturated rings. The summed E-state index contributed by atoms with van der Waals surface area (Å²) in [6, 6.07) is 33.1. The smallest absolute Gasteiger partial charge is 0.137 e. The van der Waals surface area contributed by atoms with Gasteiger partial charge in [0.2, 0.25) is 0 Å². The number of benzene rings is 4. The minimum Gasteiger partial charge on any atom is -0.456 e. The van der Waals surface area contributed by atoms with Crippen molar-refractivity contribution in [3.05, 3.63) is 174 Å². The van der Waals surface area contributed by atoms with Gasteiger partial charge >= 0.3 is 0 Å². The summed E-state index contributed by atoms with van der Waals surface area (Å²) in [4.78, 5) is 7.71. The number of hydrogen-bond donors (Lipinski definition) is 0. The second-order valence-electron chi connectivity index (χ2n) is 13.3. The minimum absolute atomic E-state index is 0.0703. The van der Waals surface area contributed by atoms with Crippen LogP contribution in [0.4, 0.5) is 11.4 Å². The lowest BCUT2D eigenvalue weighted by atomic mass is 9.80. The summed E-state index contributed by atoms with van der Waals surface area (Å²) in [7, 11) is 0. The van der Waals surface area contributed by atoms with Crippen LogP contribution < -0.4 is 4.90 Å². The van der Waals surface area contributed by atoms with Crippen molar-refractivity contribution in [1.29, 1.82) is 0 Å². The van der Waals surface area contributed by atoms with Gasteiger partial charge in [0.25, 0.3) is 0 Å². The predicted molar refractivity (Wildman–Crippen MR) is 194 cm³/mol. The number of hydrogen-bond acceptors (Lipinski definition) is 3. The summed E-state index contributed by atoms with van der Waals surface area (Å²) in [6.07, 6.45) is 25.4. The van der Waals surface area contributed by atoms with Gasteiger partial charge in [0.05, 0.1) is 17.8 Å². The molecule has 4 aromatic carbocycles. The Balaban J connectivity index is 1.10. The van der Waals surface area contributed by atoms with Crippen LogP contribution in [0.3, 0.4) is 0 Å². The van der Waals surface area contributed by atoms with Crippen LogP contribution in [0.1, 0.15) is 35.4 Å². The third kappa shape index (κ3) is 4.23. The van der Waals surface area contributed by atoms with Crippen molar-refractivity contribution in [2.24, 2.45) is 16.8 Å². The second kappa shape index (κ2) is 10.6. The monoisotopic (exact) mass is 606 g/mol. The Bertz CT molecular complexity index is 2280. The van der Waals surface area contributed by atoms with Crippen molar-refractivity contribution in [2.75, 3.05) is 4.90 Å². The van der Waals surface area contributed by atoms with Gasteiger partial charge in [-0.2, -0.15) is 0 Å². The molecule has 3 nitrogen and oxygen atoms in total. The quantitative estimate of drug-likeness (QED) is 0.190. The first-order chi connectivity index (χ1) is 23.3. The number of allylic oxidation sites excluding steroid dienone is 7. The predicted octanol–water partition coefficient (Wildman–Crippen LogP) is 10.6. The van der Waals surface area contributed by atoms with E-state index in [0.29, 0.717) is 11.8 Å². The number of anilines is 2. The average Bonchev–Trinajstić information content (AvgIpc) is 3.87. The molecule has 10 rings (SSSR count). The number of fused-ring (bicyclic) bond motifs is 7. The first-order valence-electron chi connectivity index (χ1n) is 16.9. The Morgan fingerprint density at radius 3 is 2.51 bits per heavy atom. The first-order valence-corrected chi connectivity index (χ1v) is 16.9. The van der Waals surface area contributed by atoms with Crippen LogP contribution in [-0.4, -0.2) is 17.8 Å². The van der Waals surface area contributed by atoms with Gasteiger partial charge in [-0.05, 0) is 76.9 Å². The Labute approximate surface area is 274 Å². The highest BCUT2D eigenvalue weighted by atomic mass is 16.3. The summed E-state index contributed by atoms with van der Waals surface area (Å²) in [5.74, 6) is 1.10. The van der Waals surface area contributed by atoms with Crippen molar-refractivity contribution in [2.45, 2.75) is 30.8 Å². The fourth-order valence-electron chi connectivity index (χ4n) is 8.51. The van der Waals surface area contributed by atoms with E-state index < -0.39 is 0 Å². The van der Waals surface area contributed by atoms with E-state index in [9.17, 15) is 0 Å². The minimum atomic E-state index is 0.0703. The molecule has 47 heavy (non-hydrogen) atoms. The van der Waals surface area contributed by atoms with E-state index in [1.54, 1.807) is 0 Å². The SMILES string of the molecule is C1=CC2N=C(c3ccccc3)C=C(c3cccc4oc5cc(N6c7ccccc7C7C=CC(C8CC=CC8)=CC76)ccc5c34)C2C=C1. The summed E-state index contributed by atoms with van der Waals surface area (Å²) in [5.41, 5.74) is 11.8. The molecule has 0 N–H and O–H groups in total. The van der Waals surface area contributed by atoms with Crippen molar-refractivity contribution < 1.29 is 4.42 Å². The van der Waals surface area contributed by atoms with E-state index in [2.05, 4.69) is 157 Å². The van der Waals surface area contributed by atoms with Crippen LogP contribution in [-0.2, 0) is 0 Å². The zero-order chi connectivity index (χ0) is 30.9. The van der Waals surface area contributed by atoms with Gasteiger partial charge in [0, 0.05) is 40.0 Å². The molecule has 0 radical (unpaired) electrons. The molecule has 0 spiro atoms. The Kier molecular flexibility index (Phi) is 6.02. The third-order valence-corrected chi connectivity index (χ3v) is 10.7.